The summed E-state index contributed by atoms with van der Waals surface area (Å²) in [5.74, 6) is -2.35. The first-order valence-electron chi connectivity index (χ1n) is 5.69. The normalized spacial score (nSPS) is 10.4. The first kappa shape index (κ1) is 14.4. The minimum atomic E-state index is -1.77. The van der Waals surface area contributed by atoms with E-state index < -0.39 is 24.6 Å². The fourth-order valence-corrected chi connectivity index (χ4v) is 1.61. The molecule has 0 aromatic heterocycles. The molecule has 0 aliphatic rings. The lowest BCUT2D eigenvalue weighted by molar-refractivity contribution is 0.296. The summed E-state index contributed by atoms with van der Waals surface area (Å²) >= 11 is 0. The molecule has 0 fully saturated rings. The van der Waals surface area contributed by atoms with Gasteiger partial charge in [0.15, 0.2) is 0 Å². The van der Waals surface area contributed by atoms with Crippen LogP contribution in [0.3, 0.4) is 0 Å². The SMILES string of the molecule is OB(O)c1ccc(COc2cc(F)cc(F)c2)c(F)c1. The Morgan fingerprint density at radius 1 is 0.950 bits per heavy atom. The standard InChI is InChI=1S/C13H10BF3O3/c15-10-4-11(16)6-12(5-10)20-7-8-1-2-9(14(18)19)3-13(8)17/h1-6,18-19H,7H2. The third-order valence-electron chi connectivity index (χ3n) is 2.61. The van der Waals surface area contributed by atoms with Gasteiger partial charge in [-0.1, -0.05) is 12.1 Å². The molecule has 2 aromatic rings. The number of halogens is 3. The Morgan fingerprint density at radius 3 is 2.15 bits per heavy atom. The smallest absolute Gasteiger partial charge is 0.488 e. The lowest BCUT2D eigenvalue weighted by atomic mass is 9.80. The predicted molar refractivity (Wildman–Crippen MR) is 66.9 cm³/mol. The van der Waals surface area contributed by atoms with Gasteiger partial charge in [-0.2, -0.15) is 0 Å². The van der Waals surface area contributed by atoms with E-state index in [-0.39, 0.29) is 23.4 Å². The Balaban J connectivity index is 2.11. The fraction of sp³-hybridized carbons (Fsp3) is 0.0769. The van der Waals surface area contributed by atoms with Crippen molar-refractivity contribution in [1.29, 1.82) is 0 Å². The van der Waals surface area contributed by atoms with E-state index in [4.69, 9.17) is 14.8 Å². The molecule has 0 heterocycles. The molecule has 0 aliphatic carbocycles. The van der Waals surface area contributed by atoms with Crippen LogP contribution in [-0.2, 0) is 6.61 Å². The van der Waals surface area contributed by atoms with Crippen molar-refractivity contribution in [2.75, 3.05) is 0 Å². The molecule has 0 radical (unpaired) electrons. The van der Waals surface area contributed by atoms with Gasteiger partial charge in [0, 0.05) is 23.8 Å². The van der Waals surface area contributed by atoms with E-state index in [1.54, 1.807) is 0 Å². The van der Waals surface area contributed by atoms with Gasteiger partial charge in [0.1, 0.15) is 29.8 Å². The van der Waals surface area contributed by atoms with Crippen LogP contribution in [-0.4, -0.2) is 17.2 Å². The molecule has 2 aromatic carbocycles. The second-order valence-corrected chi connectivity index (χ2v) is 4.12. The van der Waals surface area contributed by atoms with Crippen molar-refractivity contribution in [3.8, 4) is 5.75 Å². The highest BCUT2D eigenvalue weighted by molar-refractivity contribution is 6.58. The first-order chi connectivity index (χ1) is 9.45. The quantitative estimate of drug-likeness (QED) is 0.832. The number of benzene rings is 2. The van der Waals surface area contributed by atoms with Gasteiger partial charge in [0.25, 0.3) is 0 Å². The van der Waals surface area contributed by atoms with Crippen LogP contribution in [0.2, 0.25) is 0 Å². The molecule has 2 rings (SSSR count). The number of hydrogen-bond acceptors (Lipinski definition) is 3. The lowest BCUT2D eigenvalue weighted by Gasteiger charge is -2.08. The Kier molecular flexibility index (Phi) is 4.31. The van der Waals surface area contributed by atoms with Gasteiger partial charge < -0.3 is 14.8 Å². The molecule has 0 saturated heterocycles. The summed E-state index contributed by atoms with van der Waals surface area (Å²) in [5, 5.41) is 17.8. The van der Waals surface area contributed by atoms with E-state index in [9.17, 15) is 13.2 Å². The van der Waals surface area contributed by atoms with Crippen molar-refractivity contribution in [2.24, 2.45) is 0 Å². The van der Waals surface area contributed by atoms with Crippen LogP contribution in [0, 0.1) is 17.5 Å². The molecular weight excluding hydrogens is 272 g/mol. The van der Waals surface area contributed by atoms with Crippen molar-refractivity contribution in [3.05, 3.63) is 59.4 Å². The van der Waals surface area contributed by atoms with Crippen molar-refractivity contribution in [2.45, 2.75) is 6.61 Å². The Bertz CT molecular complexity index is 600. The molecule has 0 saturated carbocycles. The maximum Gasteiger partial charge on any atom is 0.488 e. The maximum absolute atomic E-state index is 13.6. The van der Waals surface area contributed by atoms with Gasteiger partial charge in [0.05, 0.1) is 0 Å². The largest absolute Gasteiger partial charge is 0.489 e. The van der Waals surface area contributed by atoms with Crippen LogP contribution in [0.5, 0.6) is 5.75 Å². The lowest BCUT2D eigenvalue weighted by Crippen LogP contribution is -2.30. The van der Waals surface area contributed by atoms with Crippen molar-refractivity contribution in [3.63, 3.8) is 0 Å². The Morgan fingerprint density at radius 2 is 1.60 bits per heavy atom. The Hall–Kier alpha value is -1.99. The highest BCUT2D eigenvalue weighted by Gasteiger charge is 2.13. The van der Waals surface area contributed by atoms with Gasteiger partial charge in [-0.15, -0.1) is 0 Å². The summed E-state index contributed by atoms with van der Waals surface area (Å²) in [6.45, 7) is -0.240. The summed E-state index contributed by atoms with van der Waals surface area (Å²) < 4.78 is 44.6. The molecule has 0 spiro atoms. The minimum absolute atomic E-state index is 0.00282. The molecule has 104 valence electrons. The van der Waals surface area contributed by atoms with Crippen LogP contribution in [0.25, 0.3) is 0 Å². The second-order valence-electron chi connectivity index (χ2n) is 4.12. The van der Waals surface area contributed by atoms with Crippen LogP contribution in [0.4, 0.5) is 13.2 Å². The number of ether oxygens (including phenoxy) is 1. The maximum atomic E-state index is 13.6. The van der Waals surface area contributed by atoms with E-state index in [0.29, 0.717) is 6.07 Å². The summed E-state index contributed by atoms with van der Waals surface area (Å²) in [6.07, 6.45) is 0. The fourth-order valence-electron chi connectivity index (χ4n) is 1.61. The highest BCUT2D eigenvalue weighted by Crippen LogP contribution is 2.17. The average Bonchev–Trinajstić information content (AvgIpc) is 2.36. The summed E-state index contributed by atoms with van der Waals surface area (Å²) in [5.41, 5.74) is 0.127. The predicted octanol–water partition coefficient (Wildman–Crippen LogP) is 1.36. The zero-order chi connectivity index (χ0) is 14.7. The summed E-state index contributed by atoms with van der Waals surface area (Å²) in [7, 11) is -1.77. The van der Waals surface area contributed by atoms with Crippen LogP contribution in [0.1, 0.15) is 5.56 Å². The van der Waals surface area contributed by atoms with Gasteiger partial charge in [-0.05, 0) is 11.5 Å². The van der Waals surface area contributed by atoms with Gasteiger partial charge in [-0.25, -0.2) is 13.2 Å². The zero-order valence-electron chi connectivity index (χ0n) is 10.2. The first-order valence-corrected chi connectivity index (χ1v) is 5.69. The van der Waals surface area contributed by atoms with Crippen LogP contribution in [0.15, 0.2) is 36.4 Å². The van der Waals surface area contributed by atoms with E-state index in [1.165, 1.54) is 12.1 Å². The van der Waals surface area contributed by atoms with Crippen LogP contribution >= 0.6 is 0 Å². The summed E-state index contributed by atoms with van der Waals surface area (Å²) in [6, 6.07) is 6.23. The molecule has 0 aliphatic heterocycles. The Labute approximate surface area is 113 Å². The molecule has 20 heavy (non-hydrogen) atoms. The van der Waals surface area contributed by atoms with Gasteiger partial charge >= 0.3 is 7.12 Å². The van der Waals surface area contributed by atoms with E-state index >= 15 is 0 Å². The van der Waals surface area contributed by atoms with E-state index in [2.05, 4.69) is 0 Å². The number of rotatable bonds is 4. The molecule has 3 nitrogen and oxygen atoms in total. The second kappa shape index (κ2) is 5.98. The molecule has 2 N–H and O–H groups in total. The van der Waals surface area contributed by atoms with Crippen LogP contribution < -0.4 is 10.2 Å². The van der Waals surface area contributed by atoms with Gasteiger partial charge in [0.2, 0.25) is 0 Å². The topological polar surface area (TPSA) is 49.7 Å². The molecule has 7 heteroatoms. The molecular formula is C13H10BF3O3. The molecule has 0 bridgehead atoms. The van der Waals surface area contributed by atoms with E-state index in [1.807, 2.05) is 0 Å². The van der Waals surface area contributed by atoms with Crippen molar-refractivity contribution >= 4 is 12.6 Å². The van der Waals surface area contributed by atoms with Crippen molar-refractivity contribution < 1.29 is 28.0 Å². The molecule has 0 atom stereocenters. The highest BCUT2D eigenvalue weighted by atomic mass is 19.1. The third kappa shape index (κ3) is 3.52. The minimum Gasteiger partial charge on any atom is -0.489 e. The zero-order valence-corrected chi connectivity index (χ0v) is 10.2. The summed E-state index contributed by atoms with van der Waals surface area (Å²) in [4.78, 5) is 0. The third-order valence-corrected chi connectivity index (χ3v) is 2.61. The number of hydrogen-bond donors (Lipinski definition) is 2. The van der Waals surface area contributed by atoms with Crippen molar-refractivity contribution in [1.82, 2.24) is 0 Å². The van der Waals surface area contributed by atoms with Gasteiger partial charge in [-0.3, -0.25) is 0 Å². The molecule has 0 unspecified atom stereocenters. The molecule has 0 amide bonds. The van der Waals surface area contributed by atoms with E-state index in [0.717, 1.165) is 18.2 Å². The average molecular weight is 282 g/mol. The monoisotopic (exact) mass is 282 g/mol.